The minimum Gasteiger partial charge on any atom is -0.508 e. The Morgan fingerprint density at radius 2 is 2.00 bits per heavy atom. The van der Waals surface area contributed by atoms with E-state index < -0.39 is 11.7 Å². The Kier molecular flexibility index (Phi) is 4.47. The van der Waals surface area contributed by atoms with Crippen molar-refractivity contribution in [1.29, 1.82) is 0 Å². The van der Waals surface area contributed by atoms with Gasteiger partial charge in [0.2, 0.25) is 0 Å². The van der Waals surface area contributed by atoms with Gasteiger partial charge in [-0.05, 0) is 65.0 Å². The Balaban J connectivity index is 2.44. The van der Waals surface area contributed by atoms with Crippen molar-refractivity contribution in [2.24, 2.45) is 0 Å². The fraction of sp³-hybridized carbons (Fsp3) is 0.471. The first-order chi connectivity index (χ1) is 10.2. The molecule has 1 aromatic heterocycles. The van der Waals surface area contributed by atoms with Crippen molar-refractivity contribution in [3.63, 3.8) is 0 Å². The second-order valence-electron chi connectivity index (χ2n) is 6.76. The smallest absolute Gasteiger partial charge is 0.419 e. The number of ether oxygens (including phenoxy) is 1. The van der Waals surface area contributed by atoms with Crippen LogP contribution in [-0.4, -0.2) is 46.9 Å². The monoisotopic (exact) mass is 304 g/mol. The zero-order chi connectivity index (χ0) is 16.5. The summed E-state index contributed by atoms with van der Waals surface area (Å²) in [5.74, 6) is 0.195. The summed E-state index contributed by atoms with van der Waals surface area (Å²) in [6.07, 6.45) is 2.20. The summed E-state index contributed by atoms with van der Waals surface area (Å²) < 4.78 is 6.97. The van der Waals surface area contributed by atoms with Crippen LogP contribution in [0.5, 0.6) is 5.75 Å². The summed E-state index contributed by atoms with van der Waals surface area (Å²) in [7, 11) is 4.01. The Labute approximate surface area is 131 Å². The Morgan fingerprint density at radius 1 is 1.32 bits per heavy atom. The van der Waals surface area contributed by atoms with Crippen molar-refractivity contribution in [3.05, 3.63) is 30.0 Å². The van der Waals surface area contributed by atoms with Crippen LogP contribution in [0, 0.1) is 0 Å². The van der Waals surface area contributed by atoms with Crippen LogP contribution >= 0.6 is 0 Å². The maximum atomic E-state index is 12.4. The zero-order valence-corrected chi connectivity index (χ0v) is 13.9. The molecule has 120 valence electrons. The van der Waals surface area contributed by atoms with Crippen molar-refractivity contribution in [2.75, 3.05) is 20.6 Å². The largest absolute Gasteiger partial charge is 0.508 e. The number of carbonyl (C=O) groups excluding carboxylic acids is 1. The molecule has 0 fully saturated rings. The van der Waals surface area contributed by atoms with Crippen LogP contribution in [0.4, 0.5) is 4.79 Å². The van der Waals surface area contributed by atoms with Gasteiger partial charge in [0.15, 0.2) is 0 Å². The number of fused-ring (bicyclic) bond motifs is 1. The highest BCUT2D eigenvalue weighted by Crippen LogP contribution is 2.27. The van der Waals surface area contributed by atoms with Crippen LogP contribution in [0.15, 0.2) is 24.4 Å². The molecule has 0 spiro atoms. The van der Waals surface area contributed by atoms with E-state index in [0.29, 0.717) is 0 Å². The first-order valence-electron chi connectivity index (χ1n) is 7.38. The second kappa shape index (κ2) is 6.01. The fourth-order valence-corrected chi connectivity index (χ4v) is 2.29. The van der Waals surface area contributed by atoms with Crippen LogP contribution < -0.4 is 0 Å². The number of nitrogens with zero attached hydrogens (tertiary/aromatic N) is 2. The van der Waals surface area contributed by atoms with E-state index in [9.17, 15) is 9.90 Å². The van der Waals surface area contributed by atoms with E-state index in [4.69, 9.17) is 4.74 Å². The topological polar surface area (TPSA) is 54.7 Å². The maximum absolute atomic E-state index is 12.4. The van der Waals surface area contributed by atoms with E-state index in [0.717, 1.165) is 29.4 Å². The van der Waals surface area contributed by atoms with E-state index in [1.807, 2.05) is 41.1 Å². The Morgan fingerprint density at radius 3 is 2.59 bits per heavy atom. The van der Waals surface area contributed by atoms with E-state index in [2.05, 4.69) is 4.90 Å². The minimum absolute atomic E-state index is 0.195. The molecule has 2 aromatic rings. The van der Waals surface area contributed by atoms with Crippen molar-refractivity contribution < 1.29 is 14.6 Å². The lowest BCUT2D eigenvalue weighted by Crippen LogP contribution is -2.26. The van der Waals surface area contributed by atoms with Gasteiger partial charge in [0, 0.05) is 18.1 Å². The maximum Gasteiger partial charge on any atom is 0.419 e. The summed E-state index contributed by atoms with van der Waals surface area (Å²) in [5, 5.41) is 10.6. The number of hydrogen-bond acceptors (Lipinski definition) is 4. The van der Waals surface area contributed by atoms with Gasteiger partial charge >= 0.3 is 6.09 Å². The molecule has 0 atom stereocenters. The van der Waals surface area contributed by atoms with E-state index in [1.54, 1.807) is 18.2 Å². The van der Waals surface area contributed by atoms with Crippen LogP contribution in [-0.2, 0) is 11.2 Å². The van der Waals surface area contributed by atoms with Gasteiger partial charge in [0.05, 0.1) is 5.52 Å². The molecular weight excluding hydrogens is 280 g/mol. The molecule has 0 aliphatic carbocycles. The normalized spacial score (nSPS) is 12.1. The Hall–Kier alpha value is -2.01. The highest BCUT2D eigenvalue weighted by atomic mass is 16.6. The van der Waals surface area contributed by atoms with Crippen LogP contribution in [0.25, 0.3) is 10.9 Å². The summed E-state index contributed by atoms with van der Waals surface area (Å²) in [4.78, 5) is 14.5. The first-order valence-corrected chi connectivity index (χ1v) is 7.38. The number of aromatic nitrogens is 1. The lowest BCUT2D eigenvalue weighted by atomic mass is 10.1. The molecule has 0 saturated heterocycles. The highest BCUT2D eigenvalue weighted by molar-refractivity contribution is 5.92. The van der Waals surface area contributed by atoms with Crippen LogP contribution in [0.2, 0.25) is 0 Å². The van der Waals surface area contributed by atoms with Crippen molar-refractivity contribution in [1.82, 2.24) is 9.47 Å². The molecule has 1 aromatic carbocycles. The number of phenols is 1. The average molecular weight is 304 g/mol. The Bertz CT molecular complexity index is 681. The average Bonchev–Trinajstić information content (AvgIpc) is 2.72. The molecule has 0 amide bonds. The van der Waals surface area contributed by atoms with Gasteiger partial charge in [-0.25, -0.2) is 4.79 Å². The number of aromatic hydroxyl groups is 1. The molecule has 0 saturated carbocycles. The molecule has 1 heterocycles. The second-order valence-corrected chi connectivity index (χ2v) is 6.76. The number of rotatable bonds is 3. The molecule has 0 unspecified atom stereocenters. The molecule has 5 heteroatoms. The number of phenolic OH excluding ortho intramolecular Hbond substituents is 1. The fourth-order valence-electron chi connectivity index (χ4n) is 2.29. The number of carbonyl (C=O) groups is 1. The third-order valence-electron chi connectivity index (χ3n) is 3.29. The molecule has 0 aliphatic heterocycles. The van der Waals surface area contributed by atoms with Gasteiger partial charge in [-0.2, -0.15) is 0 Å². The van der Waals surface area contributed by atoms with Crippen LogP contribution in [0.1, 0.15) is 26.3 Å². The van der Waals surface area contributed by atoms with Gasteiger partial charge in [0.1, 0.15) is 11.4 Å². The lowest BCUT2D eigenvalue weighted by Gasteiger charge is -2.19. The number of likely N-dealkylation sites (N-methyl/N-ethyl adjacent to an activating group) is 1. The first kappa shape index (κ1) is 16.4. The molecule has 2 rings (SSSR count). The van der Waals surface area contributed by atoms with Gasteiger partial charge in [-0.1, -0.05) is 0 Å². The third kappa shape index (κ3) is 3.80. The lowest BCUT2D eigenvalue weighted by molar-refractivity contribution is 0.0544. The summed E-state index contributed by atoms with van der Waals surface area (Å²) in [6.45, 7) is 6.39. The van der Waals surface area contributed by atoms with Crippen molar-refractivity contribution >= 4 is 17.0 Å². The molecule has 0 bridgehead atoms. The number of benzene rings is 1. The molecular formula is C17H24N2O3. The summed E-state index contributed by atoms with van der Waals surface area (Å²) in [5.41, 5.74) is 1.22. The van der Waals surface area contributed by atoms with Crippen molar-refractivity contribution in [3.8, 4) is 5.75 Å². The summed E-state index contributed by atoms with van der Waals surface area (Å²) >= 11 is 0. The van der Waals surface area contributed by atoms with E-state index in [1.165, 1.54) is 4.57 Å². The van der Waals surface area contributed by atoms with Crippen molar-refractivity contribution in [2.45, 2.75) is 32.8 Å². The third-order valence-corrected chi connectivity index (χ3v) is 3.29. The standard InChI is InChI=1S/C17H24N2O3/c1-17(2,3)22-16(21)19-11-12(8-9-18(4)5)14-10-13(20)6-7-15(14)19/h6-7,10-11,20H,8-9H2,1-5H3. The van der Waals surface area contributed by atoms with Gasteiger partial charge in [-0.15, -0.1) is 0 Å². The number of hydrogen-bond donors (Lipinski definition) is 1. The molecule has 22 heavy (non-hydrogen) atoms. The van der Waals surface area contributed by atoms with Gasteiger partial charge < -0.3 is 14.7 Å². The van der Waals surface area contributed by atoms with E-state index >= 15 is 0 Å². The zero-order valence-electron chi connectivity index (χ0n) is 13.9. The minimum atomic E-state index is -0.547. The molecule has 5 nitrogen and oxygen atoms in total. The molecule has 0 aliphatic rings. The SMILES string of the molecule is CN(C)CCc1cn(C(=O)OC(C)(C)C)c2ccc(O)cc12. The van der Waals surface area contributed by atoms with Crippen LogP contribution in [0.3, 0.4) is 0 Å². The quantitative estimate of drug-likeness (QED) is 0.946. The summed E-state index contributed by atoms with van der Waals surface area (Å²) in [6, 6.07) is 5.02. The predicted octanol–water partition coefficient (Wildman–Crippen LogP) is 3.23. The van der Waals surface area contributed by atoms with E-state index in [-0.39, 0.29) is 5.75 Å². The van der Waals surface area contributed by atoms with Gasteiger partial charge in [0.25, 0.3) is 0 Å². The highest BCUT2D eigenvalue weighted by Gasteiger charge is 2.20. The predicted molar refractivity (Wildman–Crippen MR) is 87.5 cm³/mol. The molecule has 0 radical (unpaired) electrons. The van der Waals surface area contributed by atoms with Gasteiger partial charge in [-0.3, -0.25) is 4.57 Å². The molecule has 1 N–H and O–H groups in total.